The third-order valence-electron chi connectivity index (χ3n) is 6.08. The molecule has 1 aromatic carbocycles. The lowest BCUT2D eigenvalue weighted by atomic mass is 10.0. The van der Waals surface area contributed by atoms with Crippen LogP contribution in [0, 0.1) is 5.92 Å². The second-order valence-electron chi connectivity index (χ2n) is 9.26. The van der Waals surface area contributed by atoms with Gasteiger partial charge in [0, 0.05) is 36.8 Å². The van der Waals surface area contributed by atoms with Crippen LogP contribution in [0.4, 0.5) is 5.69 Å². The molecule has 7 nitrogen and oxygen atoms in total. The van der Waals surface area contributed by atoms with Gasteiger partial charge in [-0.2, -0.15) is 4.31 Å². The monoisotopic (exact) mass is 435 g/mol. The van der Waals surface area contributed by atoms with Crippen molar-refractivity contribution in [1.29, 1.82) is 0 Å². The fraction of sp³-hybridized carbons (Fsp3) is 0.636. The van der Waals surface area contributed by atoms with Gasteiger partial charge in [-0.3, -0.25) is 9.59 Å². The first-order chi connectivity index (χ1) is 14.0. The summed E-state index contributed by atoms with van der Waals surface area (Å²) in [7, 11) is -3.55. The van der Waals surface area contributed by atoms with Gasteiger partial charge in [0.2, 0.25) is 21.8 Å². The molecule has 2 atom stereocenters. The van der Waals surface area contributed by atoms with Crippen molar-refractivity contribution in [1.82, 2.24) is 9.21 Å². The molecule has 0 spiro atoms. The molecule has 0 saturated carbocycles. The SMILES string of the molecule is CC[C@H]1CCCCN1S(=O)(=O)c1ccc(NC(=O)[C@@H]2CC(=O)N(C(C)(C)C)C2)cc1. The number of nitrogens with one attached hydrogen (secondary N) is 1. The first kappa shape index (κ1) is 22.7. The second-order valence-corrected chi connectivity index (χ2v) is 11.2. The lowest BCUT2D eigenvalue weighted by molar-refractivity contribution is -0.131. The minimum Gasteiger partial charge on any atom is -0.337 e. The van der Waals surface area contributed by atoms with Crippen molar-refractivity contribution in [2.45, 2.75) is 76.3 Å². The maximum Gasteiger partial charge on any atom is 0.243 e. The van der Waals surface area contributed by atoms with Gasteiger partial charge < -0.3 is 10.2 Å². The Morgan fingerprint density at radius 1 is 1.17 bits per heavy atom. The van der Waals surface area contributed by atoms with Crippen LogP contribution >= 0.6 is 0 Å². The smallest absolute Gasteiger partial charge is 0.243 e. The third kappa shape index (κ3) is 4.70. The fourth-order valence-corrected chi connectivity index (χ4v) is 6.09. The van der Waals surface area contributed by atoms with Crippen LogP contribution in [0.25, 0.3) is 0 Å². The van der Waals surface area contributed by atoms with Gasteiger partial charge in [-0.15, -0.1) is 0 Å². The minimum atomic E-state index is -3.55. The molecule has 2 fully saturated rings. The number of sulfonamides is 1. The normalized spacial score (nSPS) is 23.6. The van der Waals surface area contributed by atoms with Crippen LogP contribution in [0.2, 0.25) is 0 Å². The number of likely N-dealkylation sites (tertiary alicyclic amines) is 1. The molecule has 166 valence electrons. The number of piperidine rings is 1. The van der Waals surface area contributed by atoms with Gasteiger partial charge in [0.15, 0.2) is 0 Å². The molecule has 2 aliphatic heterocycles. The minimum absolute atomic E-state index is 0.0175. The number of amides is 2. The molecule has 2 aliphatic rings. The molecular weight excluding hydrogens is 402 g/mol. The quantitative estimate of drug-likeness (QED) is 0.769. The summed E-state index contributed by atoms with van der Waals surface area (Å²) >= 11 is 0. The molecule has 1 N–H and O–H groups in total. The number of anilines is 1. The molecule has 2 amide bonds. The van der Waals surface area contributed by atoms with E-state index in [1.54, 1.807) is 33.5 Å². The summed E-state index contributed by atoms with van der Waals surface area (Å²) in [6.07, 6.45) is 3.85. The van der Waals surface area contributed by atoms with E-state index in [1.165, 1.54) is 0 Å². The second kappa shape index (κ2) is 8.67. The van der Waals surface area contributed by atoms with Crippen molar-refractivity contribution in [3.63, 3.8) is 0 Å². The van der Waals surface area contributed by atoms with E-state index < -0.39 is 15.9 Å². The van der Waals surface area contributed by atoms with E-state index in [4.69, 9.17) is 0 Å². The maximum atomic E-state index is 13.1. The number of hydrogen-bond donors (Lipinski definition) is 1. The summed E-state index contributed by atoms with van der Waals surface area (Å²) in [5.74, 6) is -0.636. The summed E-state index contributed by atoms with van der Waals surface area (Å²) in [6.45, 7) is 8.83. The Balaban J connectivity index is 1.67. The zero-order chi connectivity index (χ0) is 22.1. The van der Waals surface area contributed by atoms with Gasteiger partial charge >= 0.3 is 0 Å². The zero-order valence-corrected chi connectivity index (χ0v) is 19.2. The molecule has 3 rings (SSSR count). The Hall–Kier alpha value is -1.93. The van der Waals surface area contributed by atoms with E-state index in [0.29, 0.717) is 18.8 Å². The molecule has 0 radical (unpaired) electrons. The Labute approximate surface area is 179 Å². The highest BCUT2D eigenvalue weighted by Crippen LogP contribution is 2.29. The van der Waals surface area contributed by atoms with Gasteiger partial charge in [0.05, 0.1) is 10.8 Å². The van der Waals surface area contributed by atoms with Gasteiger partial charge in [0.25, 0.3) is 0 Å². The van der Waals surface area contributed by atoms with E-state index in [9.17, 15) is 18.0 Å². The number of benzene rings is 1. The highest BCUT2D eigenvalue weighted by atomic mass is 32.2. The Kier molecular flexibility index (Phi) is 6.57. The number of carbonyl (C=O) groups is 2. The summed E-state index contributed by atoms with van der Waals surface area (Å²) in [5, 5.41) is 2.83. The predicted octanol–water partition coefficient (Wildman–Crippen LogP) is 3.23. The number of nitrogens with zero attached hydrogens (tertiary/aromatic N) is 2. The van der Waals surface area contributed by atoms with Crippen molar-refractivity contribution in [2.75, 3.05) is 18.4 Å². The topological polar surface area (TPSA) is 86.8 Å². The number of carbonyl (C=O) groups excluding carboxylic acids is 2. The van der Waals surface area contributed by atoms with Gasteiger partial charge in [0.1, 0.15) is 0 Å². The fourth-order valence-electron chi connectivity index (χ4n) is 4.32. The first-order valence-electron chi connectivity index (χ1n) is 10.8. The van der Waals surface area contributed by atoms with E-state index in [2.05, 4.69) is 5.32 Å². The van der Waals surface area contributed by atoms with Gasteiger partial charge in [-0.25, -0.2) is 8.42 Å². The average molecular weight is 436 g/mol. The van der Waals surface area contributed by atoms with Crippen LogP contribution < -0.4 is 5.32 Å². The van der Waals surface area contributed by atoms with E-state index in [1.807, 2.05) is 27.7 Å². The van der Waals surface area contributed by atoms with Crippen LogP contribution in [0.5, 0.6) is 0 Å². The number of hydrogen-bond acceptors (Lipinski definition) is 4. The average Bonchev–Trinajstić information content (AvgIpc) is 3.10. The zero-order valence-electron chi connectivity index (χ0n) is 18.3. The molecule has 30 heavy (non-hydrogen) atoms. The van der Waals surface area contributed by atoms with Crippen LogP contribution in [-0.2, 0) is 19.6 Å². The summed E-state index contributed by atoms with van der Waals surface area (Å²) in [5.41, 5.74) is 0.221. The number of rotatable bonds is 5. The van der Waals surface area contributed by atoms with Crippen molar-refractivity contribution >= 4 is 27.5 Å². The maximum absolute atomic E-state index is 13.1. The summed E-state index contributed by atoms with van der Waals surface area (Å²) in [4.78, 5) is 26.8. The lowest BCUT2D eigenvalue weighted by Gasteiger charge is -2.34. The van der Waals surface area contributed by atoms with Crippen molar-refractivity contribution in [2.24, 2.45) is 5.92 Å². The molecule has 0 bridgehead atoms. The third-order valence-corrected chi connectivity index (χ3v) is 8.04. The van der Waals surface area contributed by atoms with Crippen LogP contribution in [0.3, 0.4) is 0 Å². The predicted molar refractivity (Wildman–Crippen MR) is 116 cm³/mol. The largest absolute Gasteiger partial charge is 0.337 e. The standard InChI is InChI=1S/C22H33N3O4S/c1-5-18-8-6-7-13-25(18)30(28,29)19-11-9-17(10-12-19)23-21(27)16-14-20(26)24(15-16)22(2,3)4/h9-12,16,18H,5-8,13-15H2,1-4H3,(H,23,27)/t16-,18+/m1/s1. The Morgan fingerprint density at radius 3 is 2.40 bits per heavy atom. The van der Waals surface area contributed by atoms with Crippen LogP contribution in [0.15, 0.2) is 29.2 Å². The Morgan fingerprint density at radius 2 is 1.83 bits per heavy atom. The molecular formula is C22H33N3O4S. The van der Waals surface area contributed by atoms with Crippen molar-refractivity contribution in [3.05, 3.63) is 24.3 Å². The Bertz CT molecular complexity index is 890. The molecule has 2 saturated heterocycles. The van der Waals surface area contributed by atoms with E-state index in [0.717, 1.165) is 25.7 Å². The van der Waals surface area contributed by atoms with Crippen LogP contribution in [-0.4, -0.2) is 54.1 Å². The highest BCUT2D eigenvalue weighted by Gasteiger charge is 2.39. The summed E-state index contributed by atoms with van der Waals surface area (Å²) in [6, 6.07) is 6.39. The van der Waals surface area contributed by atoms with E-state index in [-0.39, 0.29) is 34.7 Å². The van der Waals surface area contributed by atoms with Crippen molar-refractivity contribution < 1.29 is 18.0 Å². The van der Waals surface area contributed by atoms with Crippen molar-refractivity contribution in [3.8, 4) is 0 Å². The lowest BCUT2D eigenvalue weighted by Crippen LogP contribution is -2.43. The molecule has 0 unspecified atom stereocenters. The first-order valence-corrected chi connectivity index (χ1v) is 12.2. The van der Waals surface area contributed by atoms with Crippen LogP contribution in [0.1, 0.15) is 59.8 Å². The molecule has 2 heterocycles. The molecule has 0 aromatic heterocycles. The highest BCUT2D eigenvalue weighted by molar-refractivity contribution is 7.89. The molecule has 0 aliphatic carbocycles. The molecule has 8 heteroatoms. The van der Waals surface area contributed by atoms with E-state index >= 15 is 0 Å². The van der Waals surface area contributed by atoms with Gasteiger partial charge in [-0.05, 0) is 64.3 Å². The molecule has 1 aromatic rings. The summed E-state index contributed by atoms with van der Waals surface area (Å²) < 4.78 is 27.7. The van der Waals surface area contributed by atoms with Gasteiger partial charge in [-0.1, -0.05) is 13.3 Å².